The van der Waals surface area contributed by atoms with Gasteiger partial charge in [-0.3, -0.25) is 0 Å². The van der Waals surface area contributed by atoms with Crippen molar-refractivity contribution in [2.24, 2.45) is 5.41 Å². The van der Waals surface area contributed by atoms with Gasteiger partial charge in [-0.1, -0.05) is 0 Å². The first-order valence-electron chi connectivity index (χ1n) is 6.77. The zero-order valence-corrected chi connectivity index (χ0v) is 13.1. The van der Waals surface area contributed by atoms with Crippen LogP contribution in [0.1, 0.15) is 31.1 Å². The van der Waals surface area contributed by atoms with E-state index in [1.165, 1.54) is 27.9 Å². The minimum Gasteiger partial charge on any atom is -0.378 e. The monoisotopic (exact) mass is 329 g/mol. The fourth-order valence-electron chi connectivity index (χ4n) is 2.77. The normalized spacial score (nSPS) is 32.0. The van der Waals surface area contributed by atoms with Gasteiger partial charge >= 0.3 is 0 Å². The summed E-state index contributed by atoms with van der Waals surface area (Å²) >= 11 is 5.42. The number of rotatable bonds is 5. The Kier molecular flexibility index (Phi) is 3.81. The lowest BCUT2D eigenvalue weighted by Gasteiger charge is -2.32. The van der Waals surface area contributed by atoms with Gasteiger partial charge in [-0.2, -0.15) is 0 Å². The molecule has 0 bridgehead atoms. The highest BCUT2D eigenvalue weighted by atomic mass is 79.9. The van der Waals surface area contributed by atoms with Crippen molar-refractivity contribution in [2.45, 2.75) is 44.8 Å². The van der Waals surface area contributed by atoms with Gasteiger partial charge in [-0.15, -0.1) is 11.3 Å². The third-order valence-electron chi connectivity index (χ3n) is 4.31. The van der Waals surface area contributed by atoms with Gasteiger partial charge in [-0.25, -0.2) is 0 Å². The summed E-state index contributed by atoms with van der Waals surface area (Å²) < 4.78 is 7.08. The molecule has 1 saturated carbocycles. The fourth-order valence-corrected chi connectivity index (χ4v) is 4.41. The minimum atomic E-state index is 0.298. The average molecular weight is 330 g/mol. The third kappa shape index (κ3) is 2.82. The molecule has 1 aromatic rings. The Labute approximate surface area is 121 Å². The van der Waals surface area contributed by atoms with Crippen molar-refractivity contribution in [3.63, 3.8) is 0 Å². The molecule has 18 heavy (non-hydrogen) atoms. The number of halogens is 1. The molecule has 2 nitrogen and oxygen atoms in total. The molecule has 0 amide bonds. The van der Waals surface area contributed by atoms with Crippen LogP contribution in [0.25, 0.3) is 0 Å². The number of nitrogens with one attached hydrogen (secondary N) is 1. The molecule has 2 unspecified atom stereocenters. The van der Waals surface area contributed by atoms with Crippen LogP contribution < -0.4 is 5.32 Å². The van der Waals surface area contributed by atoms with E-state index < -0.39 is 0 Å². The van der Waals surface area contributed by atoms with Gasteiger partial charge in [0.25, 0.3) is 0 Å². The van der Waals surface area contributed by atoms with Crippen LogP contribution in [0.5, 0.6) is 0 Å². The SMILES string of the molecule is CC1OCCC1(CNC1CC1)Cc1ccc(Br)s1. The average Bonchev–Trinajstić information content (AvgIpc) is 3.00. The highest BCUT2D eigenvalue weighted by Gasteiger charge is 2.42. The van der Waals surface area contributed by atoms with E-state index in [1.807, 2.05) is 11.3 Å². The van der Waals surface area contributed by atoms with Gasteiger partial charge in [-0.05, 0) is 60.7 Å². The van der Waals surface area contributed by atoms with Crippen LogP contribution in [0.15, 0.2) is 15.9 Å². The minimum absolute atomic E-state index is 0.298. The van der Waals surface area contributed by atoms with Gasteiger partial charge in [0, 0.05) is 29.5 Å². The molecular weight excluding hydrogens is 310 g/mol. The first-order valence-corrected chi connectivity index (χ1v) is 8.38. The first-order chi connectivity index (χ1) is 8.68. The fraction of sp³-hybridized carbons (Fsp3) is 0.714. The highest BCUT2D eigenvalue weighted by Crippen LogP contribution is 2.40. The van der Waals surface area contributed by atoms with Crippen LogP contribution in [-0.4, -0.2) is 25.3 Å². The molecule has 2 heterocycles. The third-order valence-corrected chi connectivity index (χ3v) is 5.93. The summed E-state index contributed by atoms with van der Waals surface area (Å²) in [5.74, 6) is 0. The van der Waals surface area contributed by atoms with E-state index in [-0.39, 0.29) is 0 Å². The maximum Gasteiger partial charge on any atom is 0.0701 e. The molecule has 1 aliphatic carbocycles. The summed E-state index contributed by atoms with van der Waals surface area (Å²) in [5, 5.41) is 3.71. The van der Waals surface area contributed by atoms with Crippen molar-refractivity contribution < 1.29 is 4.74 Å². The van der Waals surface area contributed by atoms with Crippen LogP contribution in [0.3, 0.4) is 0 Å². The second-order valence-electron chi connectivity index (χ2n) is 5.66. The Morgan fingerprint density at radius 2 is 2.33 bits per heavy atom. The Morgan fingerprint density at radius 1 is 1.50 bits per heavy atom. The molecule has 1 saturated heterocycles. The summed E-state index contributed by atoms with van der Waals surface area (Å²) in [7, 11) is 0. The molecule has 1 aliphatic heterocycles. The largest absolute Gasteiger partial charge is 0.378 e. The molecule has 1 N–H and O–H groups in total. The lowest BCUT2D eigenvalue weighted by atomic mass is 9.78. The van der Waals surface area contributed by atoms with Crippen LogP contribution in [0.4, 0.5) is 0 Å². The summed E-state index contributed by atoms with van der Waals surface area (Å²) in [6, 6.07) is 5.19. The standard InChI is InChI=1S/C14H20BrNOS/c1-10-14(6-7-17-10,9-16-11-2-3-11)8-12-4-5-13(15)18-12/h4-5,10-11,16H,2-3,6-9H2,1H3. The topological polar surface area (TPSA) is 21.3 Å². The van der Waals surface area contributed by atoms with Gasteiger partial charge < -0.3 is 10.1 Å². The second-order valence-corrected chi connectivity index (χ2v) is 8.21. The smallest absolute Gasteiger partial charge is 0.0701 e. The molecule has 2 atom stereocenters. The quantitative estimate of drug-likeness (QED) is 0.891. The molecule has 4 heteroatoms. The van der Waals surface area contributed by atoms with Crippen LogP contribution in [0.2, 0.25) is 0 Å². The lowest BCUT2D eigenvalue weighted by Crippen LogP contribution is -2.41. The van der Waals surface area contributed by atoms with Crippen molar-refractivity contribution in [3.05, 3.63) is 20.8 Å². The number of ether oxygens (including phenoxy) is 1. The lowest BCUT2D eigenvalue weighted by molar-refractivity contribution is 0.0632. The maximum atomic E-state index is 5.85. The number of thiophene rings is 1. The Hall–Kier alpha value is 0.1000. The molecule has 100 valence electrons. The van der Waals surface area contributed by atoms with Crippen molar-refractivity contribution in [1.29, 1.82) is 0 Å². The Morgan fingerprint density at radius 3 is 2.89 bits per heavy atom. The predicted octanol–water partition coefficient (Wildman–Crippen LogP) is 3.60. The second kappa shape index (κ2) is 5.23. The first kappa shape index (κ1) is 13.1. The maximum absolute atomic E-state index is 5.85. The molecular formula is C14H20BrNOS. The number of hydrogen-bond donors (Lipinski definition) is 1. The zero-order chi connectivity index (χ0) is 12.6. The van der Waals surface area contributed by atoms with E-state index in [0.717, 1.165) is 25.6 Å². The molecule has 0 spiro atoms. The van der Waals surface area contributed by atoms with Gasteiger partial charge in [0.15, 0.2) is 0 Å². The van der Waals surface area contributed by atoms with Crippen LogP contribution in [0, 0.1) is 5.41 Å². The molecule has 2 aliphatic rings. The molecule has 0 aromatic carbocycles. The van der Waals surface area contributed by atoms with E-state index in [4.69, 9.17) is 4.74 Å². The molecule has 3 rings (SSSR count). The molecule has 1 aromatic heterocycles. The van der Waals surface area contributed by atoms with Crippen molar-refractivity contribution >= 4 is 27.3 Å². The summed E-state index contributed by atoms with van der Waals surface area (Å²) in [4.78, 5) is 1.47. The summed E-state index contributed by atoms with van der Waals surface area (Å²) in [6.07, 6.45) is 5.41. The van der Waals surface area contributed by atoms with Crippen LogP contribution in [-0.2, 0) is 11.2 Å². The van der Waals surface area contributed by atoms with Crippen molar-refractivity contribution in [1.82, 2.24) is 5.32 Å². The van der Waals surface area contributed by atoms with Crippen molar-refractivity contribution in [2.75, 3.05) is 13.2 Å². The summed E-state index contributed by atoms with van der Waals surface area (Å²) in [6.45, 7) is 4.26. The number of hydrogen-bond acceptors (Lipinski definition) is 3. The highest BCUT2D eigenvalue weighted by molar-refractivity contribution is 9.11. The van der Waals surface area contributed by atoms with Gasteiger partial charge in [0.2, 0.25) is 0 Å². The van der Waals surface area contributed by atoms with Gasteiger partial charge in [0.1, 0.15) is 0 Å². The molecule has 2 fully saturated rings. The van der Waals surface area contributed by atoms with E-state index in [9.17, 15) is 0 Å². The van der Waals surface area contributed by atoms with E-state index >= 15 is 0 Å². The van der Waals surface area contributed by atoms with Gasteiger partial charge in [0.05, 0.1) is 9.89 Å². The Bertz CT molecular complexity index is 418. The predicted molar refractivity (Wildman–Crippen MR) is 79.2 cm³/mol. The van der Waals surface area contributed by atoms with Crippen molar-refractivity contribution in [3.8, 4) is 0 Å². The summed E-state index contributed by atoms with van der Waals surface area (Å²) in [5.41, 5.74) is 0.298. The Balaban J connectivity index is 1.71. The van der Waals surface area contributed by atoms with E-state index in [0.29, 0.717) is 11.5 Å². The van der Waals surface area contributed by atoms with Crippen LogP contribution >= 0.6 is 27.3 Å². The van der Waals surface area contributed by atoms with E-state index in [1.54, 1.807) is 0 Å². The zero-order valence-electron chi connectivity index (χ0n) is 10.7. The van der Waals surface area contributed by atoms with E-state index in [2.05, 4.69) is 40.3 Å². The molecule has 0 radical (unpaired) electrons.